The molecule has 0 amide bonds. The lowest BCUT2D eigenvalue weighted by Gasteiger charge is -2.19. The largest absolute Gasteiger partial charge is 0.372 e. The van der Waals surface area contributed by atoms with E-state index in [-0.39, 0.29) is 11.6 Å². The average molecular weight is 228 g/mol. The number of rotatable bonds is 5. The van der Waals surface area contributed by atoms with E-state index in [4.69, 9.17) is 10.5 Å². The molecular formula is C11H20N2OS. The van der Waals surface area contributed by atoms with Crippen LogP contribution < -0.4 is 5.73 Å². The fourth-order valence-electron chi connectivity index (χ4n) is 1.24. The first kappa shape index (κ1) is 12.6. The molecule has 0 aliphatic carbocycles. The Balaban J connectivity index is 2.80. The molecule has 1 rings (SSSR count). The number of nitrogens with two attached hydrogens (primary N) is 1. The van der Waals surface area contributed by atoms with E-state index >= 15 is 0 Å². The van der Waals surface area contributed by atoms with E-state index in [2.05, 4.69) is 11.9 Å². The molecule has 1 aromatic heterocycles. The van der Waals surface area contributed by atoms with Crippen LogP contribution in [0, 0.1) is 0 Å². The minimum Gasteiger partial charge on any atom is -0.372 e. The van der Waals surface area contributed by atoms with Gasteiger partial charge in [0, 0.05) is 12.0 Å². The van der Waals surface area contributed by atoms with Gasteiger partial charge in [0.2, 0.25) is 0 Å². The normalized spacial score (nSPS) is 17.4. The Hall–Kier alpha value is -0.450. The Morgan fingerprint density at radius 3 is 2.80 bits per heavy atom. The molecule has 86 valence electrons. The van der Waals surface area contributed by atoms with Crippen LogP contribution in [-0.4, -0.2) is 11.6 Å². The van der Waals surface area contributed by atoms with Crippen LogP contribution in [0.25, 0.3) is 0 Å². The molecule has 2 unspecified atom stereocenters. The third-order valence-corrected chi connectivity index (χ3v) is 3.61. The van der Waals surface area contributed by atoms with Gasteiger partial charge in [-0.1, -0.05) is 6.92 Å². The summed E-state index contributed by atoms with van der Waals surface area (Å²) >= 11 is 1.62. The minimum atomic E-state index is -0.319. The summed E-state index contributed by atoms with van der Waals surface area (Å²) in [5.74, 6) is 0. The topological polar surface area (TPSA) is 48.1 Å². The summed E-state index contributed by atoms with van der Waals surface area (Å²) < 4.78 is 5.49. The molecule has 15 heavy (non-hydrogen) atoms. The predicted molar refractivity (Wildman–Crippen MR) is 64.0 cm³/mol. The van der Waals surface area contributed by atoms with E-state index in [1.807, 2.05) is 26.2 Å². The summed E-state index contributed by atoms with van der Waals surface area (Å²) in [6.07, 6.45) is 0.959. The maximum Gasteiger partial charge on any atom is 0.122 e. The molecule has 0 aliphatic heterocycles. The van der Waals surface area contributed by atoms with Gasteiger partial charge in [-0.05, 0) is 27.2 Å². The van der Waals surface area contributed by atoms with E-state index in [9.17, 15) is 0 Å². The van der Waals surface area contributed by atoms with Crippen molar-refractivity contribution in [2.24, 2.45) is 5.73 Å². The number of nitrogens with zero attached hydrogens (tertiary/aromatic N) is 1. The second-order valence-corrected chi connectivity index (χ2v) is 4.83. The molecule has 0 fully saturated rings. The van der Waals surface area contributed by atoms with Crippen LogP contribution in [0.4, 0.5) is 0 Å². The maximum absolute atomic E-state index is 6.13. The molecule has 0 saturated carbocycles. The summed E-state index contributed by atoms with van der Waals surface area (Å²) in [6, 6.07) is 0. The van der Waals surface area contributed by atoms with Gasteiger partial charge < -0.3 is 10.5 Å². The molecule has 1 heterocycles. The Bertz CT molecular complexity index is 309. The Morgan fingerprint density at radius 2 is 2.27 bits per heavy atom. The predicted octanol–water partition coefficient (Wildman–Crippen LogP) is 2.82. The SMILES string of the molecule is CCOC(C)c1nc(C(C)(N)CC)cs1. The van der Waals surface area contributed by atoms with Gasteiger partial charge in [0.1, 0.15) is 11.1 Å². The summed E-state index contributed by atoms with van der Waals surface area (Å²) in [6.45, 7) is 8.81. The van der Waals surface area contributed by atoms with Gasteiger partial charge in [-0.15, -0.1) is 11.3 Å². The second kappa shape index (κ2) is 5.05. The van der Waals surface area contributed by atoms with Crippen LogP contribution in [-0.2, 0) is 10.3 Å². The van der Waals surface area contributed by atoms with Gasteiger partial charge in [-0.3, -0.25) is 0 Å². The summed E-state index contributed by atoms with van der Waals surface area (Å²) in [7, 11) is 0. The molecule has 0 aromatic carbocycles. The Labute approximate surface area is 95.7 Å². The van der Waals surface area contributed by atoms with Crippen LogP contribution in [0.2, 0.25) is 0 Å². The first-order chi connectivity index (χ1) is 7.01. The molecule has 0 bridgehead atoms. The zero-order valence-corrected chi connectivity index (χ0v) is 10.7. The van der Waals surface area contributed by atoms with Gasteiger partial charge in [0.15, 0.2) is 0 Å². The van der Waals surface area contributed by atoms with Crippen molar-refractivity contribution in [3.63, 3.8) is 0 Å². The summed E-state index contributed by atoms with van der Waals surface area (Å²) in [4.78, 5) is 4.54. The van der Waals surface area contributed by atoms with Crippen LogP contribution >= 0.6 is 11.3 Å². The van der Waals surface area contributed by atoms with Crippen molar-refractivity contribution in [1.29, 1.82) is 0 Å². The molecule has 0 spiro atoms. The fraction of sp³-hybridized carbons (Fsp3) is 0.727. The van der Waals surface area contributed by atoms with Crippen LogP contribution in [0.5, 0.6) is 0 Å². The van der Waals surface area contributed by atoms with Crippen LogP contribution in [0.15, 0.2) is 5.38 Å². The monoisotopic (exact) mass is 228 g/mol. The first-order valence-electron chi connectivity index (χ1n) is 5.37. The van der Waals surface area contributed by atoms with Gasteiger partial charge in [0.05, 0.1) is 11.2 Å². The highest BCUT2D eigenvalue weighted by atomic mass is 32.1. The highest BCUT2D eigenvalue weighted by molar-refractivity contribution is 7.09. The average Bonchev–Trinajstić information content (AvgIpc) is 2.67. The number of hydrogen-bond donors (Lipinski definition) is 1. The summed E-state index contributed by atoms with van der Waals surface area (Å²) in [5, 5.41) is 3.05. The smallest absolute Gasteiger partial charge is 0.122 e. The Morgan fingerprint density at radius 1 is 1.60 bits per heavy atom. The van der Waals surface area contributed by atoms with Crippen molar-refractivity contribution >= 4 is 11.3 Å². The number of ether oxygens (including phenoxy) is 1. The molecule has 2 atom stereocenters. The van der Waals surface area contributed by atoms with Gasteiger partial charge in [0.25, 0.3) is 0 Å². The zero-order valence-electron chi connectivity index (χ0n) is 9.91. The maximum atomic E-state index is 6.13. The molecular weight excluding hydrogens is 208 g/mol. The quantitative estimate of drug-likeness (QED) is 0.843. The van der Waals surface area contributed by atoms with Crippen LogP contribution in [0.3, 0.4) is 0 Å². The van der Waals surface area contributed by atoms with Crippen molar-refractivity contribution in [1.82, 2.24) is 4.98 Å². The van der Waals surface area contributed by atoms with E-state index in [0.29, 0.717) is 6.61 Å². The molecule has 0 aliphatic rings. The standard InChI is InChI=1S/C11H20N2OS/c1-5-11(4,12)9-7-15-10(13-9)8(3)14-6-2/h7-8H,5-6,12H2,1-4H3. The molecule has 3 nitrogen and oxygen atoms in total. The zero-order chi connectivity index (χ0) is 11.5. The molecule has 1 aromatic rings. The number of thiazole rings is 1. The van der Waals surface area contributed by atoms with E-state index in [1.165, 1.54) is 0 Å². The van der Waals surface area contributed by atoms with Gasteiger partial charge in [-0.25, -0.2) is 4.98 Å². The lowest BCUT2D eigenvalue weighted by Crippen LogP contribution is -2.32. The fourth-order valence-corrected chi connectivity index (χ4v) is 2.20. The van der Waals surface area contributed by atoms with E-state index in [1.54, 1.807) is 11.3 Å². The van der Waals surface area contributed by atoms with Gasteiger partial charge in [-0.2, -0.15) is 0 Å². The molecule has 2 N–H and O–H groups in total. The van der Waals surface area contributed by atoms with Crippen molar-refractivity contribution < 1.29 is 4.74 Å². The molecule has 4 heteroatoms. The van der Waals surface area contributed by atoms with E-state index < -0.39 is 0 Å². The number of hydrogen-bond acceptors (Lipinski definition) is 4. The van der Waals surface area contributed by atoms with Crippen LogP contribution in [0.1, 0.15) is 50.9 Å². The van der Waals surface area contributed by atoms with Gasteiger partial charge >= 0.3 is 0 Å². The third-order valence-electron chi connectivity index (χ3n) is 2.61. The van der Waals surface area contributed by atoms with E-state index in [0.717, 1.165) is 17.1 Å². The number of aromatic nitrogens is 1. The lowest BCUT2D eigenvalue weighted by molar-refractivity contribution is 0.0760. The highest BCUT2D eigenvalue weighted by Crippen LogP contribution is 2.27. The van der Waals surface area contributed by atoms with Crippen molar-refractivity contribution in [3.8, 4) is 0 Å². The summed E-state index contributed by atoms with van der Waals surface area (Å²) in [5.41, 5.74) is 6.78. The third kappa shape index (κ3) is 3.00. The molecule has 0 radical (unpaired) electrons. The Kier molecular flexibility index (Phi) is 4.25. The minimum absolute atomic E-state index is 0.0707. The van der Waals surface area contributed by atoms with Crippen molar-refractivity contribution in [2.75, 3.05) is 6.61 Å². The molecule has 0 saturated heterocycles. The highest BCUT2D eigenvalue weighted by Gasteiger charge is 2.23. The van der Waals surface area contributed by atoms with Crippen molar-refractivity contribution in [2.45, 2.75) is 45.8 Å². The first-order valence-corrected chi connectivity index (χ1v) is 6.25. The lowest BCUT2D eigenvalue weighted by atomic mass is 9.97. The second-order valence-electron chi connectivity index (χ2n) is 3.94. The van der Waals surface area contributed by atoms with Crippen molar-refractivity contribution in [3.05, 3.63) is 16.1 Å².